The number of thioether (sulfide) groups is 2. The third-order valence-corrected chi connectivity index (χ3v) is 7.25. The molecule has 0 bridgehead atoms. The van der Waals surface area contributed by atoms with Gasteiger partial charge in [-0.2, -0.15) is 23.5 Å². The van der Waals surface area contributed by atoms with Gasteiger partial charge in [0.15, 0.2) is 0 Å². The second-order valence-electron chi connectivity index (χ2n) is 6.57. The molecule has 0 saturated carbocycles. The molecule has 1 aromatic carbocycles. The Hall–Kier alpha value is -0.160. The highest BCUT2D eigenvalue weighted by molar-refractivity contribution is 8.03. The summed E-state index contributed by atoms with van der Waals surface area (Å²) in [4.78, 5) is 2.63. The molecule has 0 radical (unpaired) electrons. The summed E-state index contributed by atoms with van der Waals surface area (Å²) >= 11 is 4.23. The molecule has 2 aliphatic heterocycles. The average Bonchev–Trinajstić information content (AvgIpc) is 2.81. The first-order valence-electron chi connectivity index (χ1n) is 8.47. The molecule has 0 spiro atoms. The van der Waals surface area contributed by atoms with Crippen LogP contribution in [0.25, 0.3) is 0 Å². The summed E-state index contributed by atoms with van der Waals surface area (Å²) in [6, 6.07) is 9.53. The van der Waals surface area contributed by atoms with E-state index in [-0.39, 0.29) is 0 Å². The molecule has 4 heteroatoms. The van der Waals surface area contributed by atoms with E-state index in [1.807, 2.05) is 0 Å². The van der Waals surface area contributed by atoms with E-state index in [9.17, 15) is 0 Å². The van der Waals surface area contributed by atoms with Crippen LogP contribution in [0.2, 0.25) is 0 Å². The van der Waals surface area contributed by atoms with Gasteiger partial charge in [-0.05, 0) is 43.5 Å². The Labute approximate surface area is 143 Å². The van der Waals surface area contributed by atoms with E-state index in [0.717, 1.165) is 18.5 Å². The zero-order valence-corrected chi connectivity index (χ0v) is 15.2. The van der Waals surface area contributed by atoms with Crippen LogP contribution in [0.4, 0.5) is 0 Å². The van der Waals surface area contributed by atoms with Gasteiger partial charge in [0.25, 0.3) is 0 Å². The van der Waals surface area contributed by atoms with Gasteiger partial charge >= 0.3 is 0 Å². The minimum Gasteiger partial charge on any atom is -0.312 e. The second kappa shape index (κ2) is 8.62. The highest BCUT2D eigenvalue weighted by Crippen LogP contribution is 2.21. The molecule has 0 aromatic heterocycles. The SMILES string of the molecule is Cc1ccccc1CN1CCC(CNC2CSCCSC2)C1. The molecule has 2 nitrogen and oxygen atoms in total. The van der Waals surface area contributed by atoms with Gasteiger partial charge < -0.3 is 5.32 Å². The second-order valence-corrected chi connectivity index (χ2v) is 8.87. The van der Waals surface area contributed by atoms with Crippen LogP contribution in [0.5, 0.6) is 0 Å². The number of benzene rings is 1. The van der Waals surface area contributed by atoms with E-state index < -0.39 is 0 Å². The highest BCUT2D eigenvalue weighted by Gasteiger charge is 2.23. The predicted molar refractivity (Wildman–Crippen MR) is 101 cm³/mol. The van der Waals surface area contributed by atoms with Crippen LogP contribution in [-0.4, -0.2) is 53.6 Å². The van der Waals surface area contributed by atoms with Gasteiger partial charge in [0.05, 0.1) is 0 Å². The fourth-order valence-corrected chi connectivity index (χ4v) is 5.79. The van der Waals surface area contributed by atoms with E-state index in [1.54, 1.807) is 0 Å². The van der Waals surface area contributed by atoms with Crippen LogP contribution in [-0.2, 0) is 6.54 Å². The summed E-state index contributed by atoms with van der Waals surface area (Å²) in [5.74, 6) is 6.09. The normalized spacial score (nSPS) is 24.5. The summed E-state index contributed by atoms with van der Waals surface area (Å²) in [5.41, 5.74) is 2.92. The van der Waals surface area contributed by atoms with Crippen molar-refractivity contribution in [2.75, 3.05) is 42.6 Å². The maximum atomic E-state index is 3.83. The van der Waals surface area contributed by atoms with Gasteiger partial charge in [0.1, 0.15) is 0 Å². The molecule has 2 heterocycles. The van der Waals surface area contributed by atoms with Gasteiger partial charge in [0, 0.05) is 42.1 Å². The zero-order chi connectivity index (χ0) is 15.2. The first-order valence-corrected chi connectivity index (χ1v) is 10.8. The Kier molecular flexibility index (Phi) is 6.54. The number of likely N-dealkylation sites (tertiary alicyclic amines) is 1. The van der Waals surface area contributed by atoms with E-state index >= 15 is 0 Å². The molecule has 0 amide bonds. The number of hydrogen-bond donors (Lipinski definition) is 1. The van der Waals surface area contributed by atoms with E-state index in [0.29, 0.717) is 0 Å². The average molecular weight is 337 g/mol. The summed E-state index contributed by atoms with van der Waals surface area (Å²) in [5, 5.41) is 3.83. The van der Waals surface area contributed by atoms with Crippen LogP contribution in [0.3, 0.4) is 0 Å². The van der Waals surface area contributed by atoms with Crippen LogP contribution in [0.15, 0.2) is 24.3 Å². The van der Waals surface area contributed by atoms with Gasteiger partial charge in [-0.15, -0.1) is 0 Å². The van der Waals surface area contributed by atoms with Crippen molar-refractivity contribution in [3.63, 3.8) is 0 Å². The van der Waals surface area contributed by atoms with Gasteiger partial charge in [0.2, 0.25) is 0 Å². The summed E-state index contributed by atoms with van der Waals surface area (Å²) in [6.07, 6.45) is 1.35. The van der Waals surface area contributed by atoms with Crippen molar-refractivity contribution in [3.8, 4) is 0 Å². The number of aryl methyl sites for hydroxylation is 1. The molecule has 1 unspecified atom stereocenters. The van der Waals surface area contributed by atoms with Gasteiger partial charge in [-0.1, -0.05) is 24.3 Å². The van der Waals surface area contributed by atoms with Crippen molar-refractivity contribution in [2.45, 2.75) is 25.9 Å². The molecule has 1 aromatic rings. The summed E-state index contributed by atoms with van der Waals surface area (Å²) in [6.45, 7) is 7.07. The smallest absolute Gasteiger partial charge is 0.0248 e. The van der Waals surface area contributed by atoms with Crippen molar-refractivity contribution in [3.05, 3.63) is 35.4 Å². The quantitative estimate of drug-likeness (QED) is 0.887. The number of hydrogen-bond acceptors (Lipinski definition) is 4. The van der Waals surface area contributed by atoms with Crippen LogP contribution in [0.1, 0.15) is 17.5 Å². The molecular formula is C18H28N2S2. The predicted octanol–water partition coefficient (Wildman–Crippen LogP) is 3.26. The molecular weight excluding hydrogens is 308 g/mol. The molecule has 3 rings (SSSR count). The maximum absolute atomic E-state index is 3.83. The fourth-order valence-electron chi connectivity index (χ4n) is 3.32. The molecule has 22 heavy (non-hydrogen) atoms. The van der Waals surface area contributed by atoms with E-state index in [2.05, 4.69) is 64.9 Å². The maximum Gasteiger partial charge on any atom is 0.0248 e. The first-order chi connectivity index (χ1) is 10.8. The molecule has 2 fully saturated rings. The van der Waals surface area contributed by atoms with Crippen molar-refractivity contribution in [1.82, 2.24) is 10.2 Å². The van der Waals surface area contributed by atoms with Gasteiger partial charge in [-0.25, -0.2) is 0 Å². The third kappa shape index (κ3) is 4.92. The van der Waals surface area contributed by atoms with Crippen molar-refractivity contribution < 1.29 is 0 Å². The standard InChI is InChI=1S/C18H28N2S2/c1-15-4-2-3-5-17(15)12-20-7-6-16(11-20)10-19-18-13-21-8-9-22-14-18/h2-5,16,18-19H,6-14H2,1H3. The van der Waals surface area contributed by atoms with Crippen LogP contribution in [0, 0.1) is 12.8 Å². The largest absolute Gasteiger partial charge is 0.312 e. The van der Waals surface area contributed by atoms with Crippen molar-refractivity contribution in [2.24, 2.45) is 5.92 Å². The van der Waals surface area contributed by atoms with E-state index in [1.165, 1.54) is 60.2 Å². The van der Waals surface area contributed by atoms with E-state index in [4.69, 9.17) is 0 Å². The summed E-state index contributed by atoms with van der Waals surface area (Å²) in [7, 11) is 0. The highest BCUT2D eigenvalue weighted by atomic mass is 32.2. The van der Waals surface area contributed by atoms with Crippen molar-refractivity contribution in [1.29, 1.82) is 0 Å². The lowest BCUT2D eigenvalue weighted by Gasteiger charge is -2.20. The lowest BCUT2D eigenvalue weighted by atomic mass is 10.1. The number of nitrogens with zero attached hydrogens (tertiary/aromatic N) is 1. The minimum atomic E-state index is 0.725. The Bertz CT molecular complexity index is 458. The molecule has 122 valence electrons. The monoisotopic (exact) mass is 336 g/mol. The Balaban J connectivity index is 1.41. The summed E-state index contributed by atoms with van der Waals surface area (Å²) < 4.78 is 0. The Morgan fingerprint density at radius 3 is 2.73 bits per heavy atom. The molecule has 2 aliphatic rings. The van der Waals surface area contributed by atoms with Crippen LogP contribution >= 0.6 is 23.5 Å². The number of rotatable bonds is 5. The minimum absolute atomic E-state index is 0.725. The molecule has 1 atom stereocenters. The lowest BCUT2D eigenvalue weighted by Crippen LogP contribution is -2.37. The Morgan fingerprint density at radius 2 is 1.95 bits per heavy atom. The molecule has 0 aliphatic carbocycles. The molecule has 2 saturated heterocycles. The van der Waals surface area contributed by atoms with Gasteiger partial charge in [-0.3, -0.25) is 4.90 Å². The fraction of sp³-hybridized carbons (Fsp3) is 0.667. The molecule has 1 N–H and O–H groups in total. The first kappa shape index (κ1) is 16.7. The van der Waals surface area contributed by atoms with Crippen LogP contribution < -0.4 is 5.32 Å². The lowest BCUT2D eigenvalue weighted by molar-refractivity contribution is 0.312. The Morgan fingerprint density at radius 1 is 1.18 bits per heavy atom. The third-order valence-electron chi connectivity index (χ3n) is 4.73. The van der Waals surface area contributed by atoms with Crippen molar-refractivity contribution >= 4 is 23.5 Å². The zero-order valence-electron chi connectivity index (χ0n) is 13.6. The number of nitrogens with one attached hydrogen (secondary N) is 1. The topological polar surface area (TPSA) is 15.3 Å².